The molecule has 1 saturated carbocycles. The predicted molar refractivity (Wildman–Crippen MR) is 78.6 cm³/mol. The molecule has 1 aromatic heterocycles. The van der Waals surface area contributed by atoms with Crippen LogP contribution < -0.4 is 0 Å². The lowest BCUT2D eigenvalue weighted by molar-refractivity contribution is 0.124. The Hall–Kier alpha value is -1.69. The lowest BCUT2D eigenvalue weighted by atomic mass is 9.64. The van der Waals surface area contributed by atoms with E-state index in [-0.39, 0.29) is 4.90 Å². The third-order valence-corrected chi connectivity index (χ3v) is 5.06. The minimum Gasteiger partial charge on any atom is -0.339 e. The van der Waals surface area contributed by atoms with E-state index in [0.29, 0.717) is 23.0 Å². The van der Waals surface area contributed by atoms with Gasteiger partial charge in [-0.2, -0.15) is 4.98 Å². The molecule has 6 heteroatoms. The molecule has 0 amide bonds. The Morgan fingerprint density at radius 1 is 1.19 bits per heavy atom. The Labute approximate surface area is 124 Å². The SMILES string of the molecule is CC1(C)CC(c2nc(-c3ccc(S(C)(=O)=O)cc3)no2)C1. The number of aromatic nitrogens is 2. The highest BCUT2D eigenvalue weighted by Crippen LogP contribution is 2.50. The Balaban J connectivity index is 1.81. The molecular formula is C15H18N2O3S. The van der Waals surface area contributed by atoms with Crippen LogP contribution in [0.3, 0.4) is 0 Å². The quantitative estimate of drug-likeness (QED) is 0.871. The summed E-state index contributed by atoms with van der Waals surface area (Å²) in [6.07, 6.45) is 3.30. The van der Waals surface area contributed by atoms with E-state index < -0.39 is 9.84 Å². The maximum atomic E-state index is 11.4. The van der Waals surface area contributed by atoms with E-state index in [1.807, 2.05) is 0 Å². The van der Waals surface area contributed by atoms with Gasteiger partial charge < -0.3 is 4.52 Å². The molecule has 0 atom stereocenters. The first kappa shape index (κ1) is 14.3. The van der Waals surface area contributed by atoms with Crippen molar-refractivity contribution in [2.45, 2.75) is 37.5 Å². The van der Waals surface area contributed by atoms with E-state index in [4.69, 9.17) is 4.52 Å². The van der Waals surface area contributed by atoms with Crippen LogP contribution in [-0.2, 0) is 9.84 Å². The normalized spacial score (nSPS) is 18.4. The summed E-state index contributed by atoms with van der Waals surface area (Å²) < 4.78 is 28.2. The van der Waals surface area contributed by atoms with Gasteiger partial charge in [0.15, 0.2) is 9.84 Å². The first-order valence-corrected chi connectivity index (χ1v) is 8.78. The average molecular weight is 306 g/mol. The minimum absolute atomic E-state index is 0.288. The van der Waals surface area contributed by atoms with Crippen molar-refractivity contribution in [3.05, 3.63) is 30.2 Å². The summed E-state index contributed by atoms with van der Waals surface area (Å²) in [6.45, 7) is 4.45. The van der Waals surface area contributed by atoms with Crippen molar-refractivity contribution in [3.63, 3.8) is 0 Å². The monoisotopic (exact) mass is 306 g/mol. The van der Waals surface area contributed by atoms with Gasteiger partial charge >= 0.3 is 0 Å². The van der Waals surface area contributed by atoms with Crippen molar-refractivity contribution in [2.24, 2.45) is 5.41 Å². The van der Waals surface area contributed by atoms with Crippen LogP contribution in [0, 0.1) is 5.41 Å². The molecule has 1 heterocycles. The van der Waals surface area contributed by atoms with Gasteiger partial charge in [0, 0.05) is 17.7 Å². The van der Waals surface area contributed by atoms with Crippen molar-refractivity contribution in [3.8, 4) is 11.4 Å². The Morgan fingerprint density at radius 3 is 2.33 bits per heavy atom. The van der Waals surface area contributed by atoms with Crippen molar-refractivity contribution in [2.75, 3.05) is 6.26 Å². The van der Waals surface area contributed by atoms with Gasteiger partial charge in [-0.3, -0.25) is 0 Å². The average Bonchev–Trinajstić information content (AvgIpc) is 2.84. The van der Waals surface area contributed by atoms with Crippen molar-refractivity contribution < 1.29 is 12.9 Å². The highest BCUT2D eigenvalue weighted by molar-refractivity contribution is 7.90. The van der Waals surface area contributed by atoms with Crippen LogP contribution in [0.25, 0.3) is 11.4 Å². The summed E-state index contributed by atoms with van der Waals surface area (Å²) >= 11 is 0. The molecule has 5 nitrogen and oxygen atoms in total. The fourth-order valence-electron chi connectivity index (χ4n) is 2.82. The number of benzene rings is 1. The smallest absolute Gasteiger partial charge is 0.230 e. The fraction of sp³-hybridized carbons (Fsp3) is 0.467. The van der Waals surface area contributed by atoms with Gasteiger partial charge in [0.2, 0.25) is 11.7 Å². The second-order valence-corrected chi connectivity index (χ2v) is 8.54. The third-order valence-electron chi connectivity index (χ3n) is 3.93. The van der Waals surface area contributed by atoms with E-state index in [1.165, 1.54) is 6.26 Å². The van der Waals surface area contributed by atoms with E-state index in [1.54, 1.807) is 24.3 Å². The number of hydrogen-bond acceptors (Lipinski definition) is 5. The molecule has 0 spiro atoms. The zero-order valence-electron chi connectivity index (χ0n) is 12.3. The summed E-state index contributed by atoms with van der Waals surface area (Å²) in [4.78, 5) is 4.72. The van der Waals surface area contributed by atoms with Gasteiger partial charge in [-0.15, -0.1) is 0 Å². The topological polar surface area (TPSA) is 73.1 Å². The van der Waals surface area contributed by atoms with Crippen molar-refractivity contribution in [1.82, 2.24) is 10.1 Å². The number of nitrogens with zero attached hydrogens (tertiary/aromatic N) is 2. The summed E-state index contributed by atoms with van der Waals surface area (Å²) in [5.41, 5.74) is 1.12. The van der Waals surface area contributed by atoms with Gasteiger partial charge in [-0.05, 0) is 42.5 Å². The van der Waals surface area contributed by atoms with Crippen molar-refractivity contribution >= 4 is 9.84 Å². The molecule has 1 aliphatic rings. The molecule has 112 valence electrons. The van der Waals surface area contributed by atoms with Crippen LogP contribution in [-0.4, -0.2) is 24.8 Å². The molecule has 0 bridgehead atoms. The highest BCUT2D eigenvalue weighted by Gasteiger charge is 2.40. The van der Waals surface area contributed by atoms with E-state index in [2.05, 4.69) is 24.0 Å². The standard InChI is InChI=1S/C15H18N2O3S/c1-15(2)8-11(9-15)14-16-13(17-20-14)10-4-6-12(7-5-10)21(3,18)19/h4-7,11H,8-9H2,1-3H3. The van der Waals surface area contributed by atoms with Gasteiger partial charge in [0.05, 0.1) is 4.90 Å². The zero-order valence-corrected chi connectivity index (χ0v) is 13.1. The van der Waals surface area contributed by atoms with Crippen LogP contribution in [0.4, 0.5) is 0 Å². The molecular weight excluding hydrogens is 288 g/mol. The molecule has 0 radical (unpaired) electrons. The summed E-state index contributed by atoms with van der Waals surface area (Å²) in [7, 11) is -3.18. The molecule has 21 heavy (non-hydrogen) atoms. The first-order valence-electron chi connectivity index (χ1n) is 6.89. The van der Waals surface area contributed by atoms with Crippen LogP contribution in [0.5, 0.6) is 0 Å². The largest absolute Gasteiger partial charge is 0.339 e. The van der Waals surface area contributed by atoms with Crippen LogP contribution in [0.15, 0.2) is 33.7 Å². The lowest BCUT2D eigenvalue weighted by Crippen LogP contribution is -2.29. The highest BCUT2D eigenvalue weighted by atomic mass is 32.2. The maximum Gasteiger partial charge on any atom is 0.230 e. The number of sulfone groups is 1. The molecule has 1 aliphatic carbocycles. The van der Waals surface area contributed by atoms with Crippen LogP contribution in [0.1, 0.15) is 38.5 Å². The second-order valence-electron chi connectivity index (χ2n) is 6.52. The molecule has 3 rings (SSSR count). The summed E-state index contributed by atoms with van der Waals surface area (Å²) in [6, 6.07) is 6.53. The van der Waals surface area contributed by atoms with Crippen molar-refractivity contribution in [1.29, 1.82) is 0 Å². The van der Waals surface area contributed by atoms with E-state index in [0.717, 1.165) is 18.4 Å². The van der Waals surface area contributed by atoms with E-state index >= 15 is 0 Å². The van der Waals surface area contributed by atoms with Gasteiger partial charge in [-0.1, -0.05) is 19.0 Å². The van der Waals surface area contributed by atoms with Gasteiger partial charge in [0.1, 0.15) is 0 Å². The fourth-order valence-corrected chi connectivity index (χ4v) is 3.45. The number of hydrogen-bond donors (Lipinski definition) is 0. The molecule has 1 aromatic carbocycles. The lowest BCUT2D eigenvalue weighted by Gasteiger charge is -2.40. The van der Waals surface area contributed by atoms with Gasteiger partial charge in [-0.25, -0.2) is 8.42 Å². The Bertz CT molecular complexity index is 752. The molecule has 0 aliphatic heterocycles. The number of rotatable bonds is 3. The Morgan fingerprint density at radius 2 is 1.81 bits per heavy atom. The molecule has 0 unspecified atom stereocenters. The van der Waals surface area contributed by atoms with Gasteiger partial charge in [0.25, 0.3) is 0 Å². The predicted octanol–water partition coefficient (Wildman–Crippen LogP) is 3.04. The molecule has 0 saturated heterocycles. The van der Waals surface area contributed by atoms with E-state index in [9.17, 15) is 8.42 Å². The molecule has 0 N–H and O–H groups in total. The Kier molecular flexibility index (Phi) is 3.16. The zero-order chi connectivity index (χ0) is 15.3. The molecule has 1 fully saturated rings. The van der Waals surface area contributed by atoms with Crippen LogP contribution in [0.2, 0.25) is 0 Å². The van der Waals surface area contributed by atoms with Crippen LogP contribution >= 0.6 is 0 Å². The third kappa shape index (κ3) is 2.85. The summed E-state index contributed by atoms with van der Waals surface area (Å²) in [5.74, 6) is 1.53. The second kappa shape index (κ2) is 4.66. The minimum atomic E-state index is -3.18. The maximum absolute atomic E-state index is 11.4. The molecule has 2 aromatic rings. The first-order chi connectivity index (χ1) is 9.74. The summed E-state index contributed by atoms with van der Waals surface area (Å²) in [5, 5.41) is 3.99.